The van der Waals surface area contributed by atoms with Gasteiger partial charge in [0.15, 0.2) is 17.3 Å². The number of hydrogen-bond acceptors (Lipinski definition) is 6. The maximum Gasteiger partial charge on any atom is 0.307 e. The highest BCUT2D eigenvalue weighted by molar-refractivity contribution is 5.92. The van der Waals surface area contributed by atoms with Gasteiger partial charge in [0.1, 0.15) is 5.76 Å². The normalized spacial score (nSPS) is 10.7. The highest BCUT2D eigenvalue weighted by atomic mass is 16.5. The van der Waals surface area contributed by atoms with Gasteiger partial charge in [0.05, 0.1) is 20.4 Å². The van der Waals surface area contributed by atoms with Crippen molar-refractivity contribution in [1.82, 2.24) is 5.43 Å². The van der Waals surface area contributed by atoms with Gasteiger partial charge in [-0.25, -0.2) is 5.43 Å². The van der Waals surface area contributed by atoms with Crippen LogP contribution < -0.4 is 14.9 Å². The average Bonchev–Trinajstić information content (AvgIpc) is 2.95. The quantitative estimate of drug-likeness (QED) is 0.651. The highest BCUT2D eigenvalue weighted by Crippen LogP contribution is 2.36. The van der Waals surface area contributed by atoms with E-state index in [4.69, 9.17) is 13.9 Å². The van der Waals surface area contributed by atoms with E-state index < -0.39 is 5.91 Å². The van der Waals surface area contributed by atoms with Gasteiger partial charge in [-0.05, 0) is 31.2 Å². The number of benzene rings is 1. The number of rotatable bonds is 5. The minimum Gasteiger partial charge on any atom is -0.502 e. The molecule has 0 bridgehead atoms. The van der Waals surface area contributed by atoms with Crippen LogP contribution in [0.15, 0.2) is 33.8 Å². The van der Waals surface area contributed by atoms with Gasteiger partial charge < -0.3 is 19.0 Å². The summed E-state index contributed by atoms with van der Waals surface area (Å²) in [5.41, 5.74) is 2.93. The number of aromatic hydroxyl groups is 1. The van der Waals surface area contributed by atoms with Crippen molar-refractivity contribution in [2.75, 3.05) is 14.2 Å². The first-order valence-corrected chi connectivity index (χ1v) is 6.40. The maximum atomic E-state index is 11.7. The third-order valence-electron chi connectivity index (χ3n) is 2.85. The van der Waals surface area contributed by atoms with Crippen LogP contribution >= 0.6 is 0 Å². The van der Waals surface area contributed by atoms with E-state index in [-0.39, 0.29) is 23.0 Å². The van der Waals surface area contributed by atoms with Crippen molar-refractivity contribution in [1.29, 1.82) is 0 Å². The summed E-state index contributed by atoms with van der Waals surface area (Å²) < 4.78 is 15.2. The van der Waals surface area contributed by atoms with Crippen molar-refractivity contribution in [2.45, 2.75) is 6.92 Å². The maximum absolute atomic E-state index is 11.7. The molecule has 7 heteroatoms. The first-order valence-electron chi connectivity index (χ1n) is 6.40. The van der Waals surface area contributed by atoms with Crippen LogP contribution in [0.4, 0.5) is 0 Å². The van der Waals surface area contributed by atoms with E-state index in [9.17, 15) is 9.90 Å². The third kappa shape index (κ3) is 3.38. The van der Waals surface area contributed by atoms with Crippen molar-refractivity contribution in [2.24, 2.45) is 5.10 Å². The molecule has 0 aliphatic heterocycles. The van der Waals surface area contributed by atoms with Gasteiger partial charge in [-0.3, -0.25) is 4.79 Å². The number of carbonyl (C=O) groups is 1. The number of ether oxygens (including phenoxy) is 2. The molecule has 0 aliphatic carbocycles. The van der Waals surface area contributed by atoms with Gasteiger partial charge in [-0.15, -0.1) is 0 Å². The fraction of sp³-hybridized carbons (Fsp3) is 0.200. The number of hydrazone groups is 1. The number of nitrogens with one attached hydrogen (secondary N) is 1. The molecular formula is C15H16N2O5. The molecule has 1 aromatic heterocycles. The second kappa shape index (κ2) is 6.66. The molecule has 2 rings (SSSR count). The third-order valence-corrected chi connectivity index (χ3v) is 2.85. The number of amides is 1. The number of phenols is 1. The highest BCUT2D eigenvalue weighted by Gasteiger charge is 2.11. The average molecular weight is 304 g/mol. The summed E-state index contributed by atoms with van der Waals surface area (Å²) in [4.78, 5) is 11.7. The second-order valence-electron chi connectivity index (χ2n) is 4.38. The Balaban J connectivity index is 2.11. The van der Waals surface area contributed by atoms with E-state index in [1.54, 1.807) is 31.2 Å². The Morgan fingerprint density at radius 1 is 1.27 bits per heavy atom. The Morgan fingerprint density at radius 2 is 1.91 bits per heavy atom. The fourth-order valence-corrected chi connectivity index (χ4v) is 1.77. The number of hydrogen-bond donors (Lipinski definition) is 2. The van der Waals surface area contributed by atoms with Gasteiger partial charge in [0.2, 0.25) is 5.75 Å². The lowest BCUT2D eigenvalue weighted by Gasteiger charge is -2.09. The molecule has 2 aromatic rings. The molecule has 1 amide bonds. The van der Waals surface area contributed by atoms with Gasteiger partial charge >= 0.3 is 5.91 Å². The SMILES string of the molecule is COc1cc(/C=N\NC(=O)c2ccc(C)o2)cc(OC)c1O. The molecule has 1 heterocycles. The van der Waals surface area contributed by atoms with Gasteiger partial charge in [0.25, 0.3) is 0 Å². The number of furan rings is 1. The minimum absolute atomic E-state index is 0.0998. The largest absolute Gasteiger partial charge is 0.502 e. The molecule has 116 valence electrons. The van der Waals surface area contributed by atoms with E-state index in [0.717, 1.165) is 0 Å². The summed E-state index contributed by atoms with van der Waals surface area (Å²) in [6.07, 6.45) is 1.40. The van der Waals surface area contributed by atoms with E-state index in [1.807, 2.05) is 0 Å². The zero-order valence-electron chi connectivity index (χ0n) is 12.4. The molecule has 0 radical (unpaired) electrons. The monoisotopic (exact) mass is 304 g/mol. The molecule has 7 nitrogen and oxygen atoms in total. The molecular weight excluding hydrogens is 288 g/mol. The summed E-state index contributed by atoms with van der Waals surface area (Å²) in [5, 5.41) is 13.6. The van der Waals surface area contributed by atoms with Crippen LogP contribution in [0.2, 0.25) is 0 Å². The minimum atomic E-state index is -0.456. The summed E-state index contributed by atoms with van der Waals surface area (Å²) in [6, 6.07) is 6.37. The van der Waals surface area contributed by atoms with Crippen molar-refractivity contribution in [3.63, 3.8) is 0 Å². The second-order valence-corrected chi connectivity index (χ2v) is 4.38. The van der Waals surface area contributed by atoms with Gasteiger partial charge in [-0.2, -0.15) is 5.10 Å². The smallest absolute Gasteiger partial charge is 0.307 e. The van der Waals surface area contributed by atoms with Crippen LogP contribution in [0, 0.1) is 6.92 Å². The fourth-order valence-electron chi connectivity index (χ4n) is 1.77. The van der Waals surface area contributed by atoms with Crippen LogP contribution in [-0.2, 0) is 0 Å². The lowest BCUT2D eigenvalue weighted by atomic mass is 10.2. The lowest BCUT2D eigenvalue weighted by Crippen LogP contribution is -2.16. The van der Waals surface area contributed by atoms with Gasteiger partial charge in [0, 0.05) is 5.56 Å². The molecule has 0 unspecified atom stereocenters. The topological polar surface area (TPSA) is 93.3 Å². The number of carbonyl (C=O) groups excluding carboxylic acids is 1. The summed E-state index contributed by atoms with van der Waals surface area (Å²) >= 11 is 0. The zero-order chi connectivity index (χ0) is 16.1. The molecule has 2 N–H and O–H groups in total. The van der Waals surface area contributed by atoms with Crippen LogP contribution in [-0.4, -0.2) is 31.4 Å². The van der Waals surface area contributed by atoms with E-state index in [2.05, 4.69) is 10.5 Å². The Kier molecular flexibility index (Phi) is 4.67. The summed E-state index contributed by atoms with van der Waals surface area (Å²) in [7, 11) is 2.85. The summed E-state index contributed by atoms with van der Waals surface area (Å²) in [5.74, 6) is 0.750. The number of nitrogens with zero attached hydrogens (tertiary/aromatic N) is 1. The van der Waals surface area contributed by atoms with Crippen molar-refractivity contribution in [3.05, 3.63) is 41.3 Å². The Bertz CT molecular complexity index is 681. The number of aryl methyl sites for hydroxylation is 1. The standard InChI is InChI=1S/C15H16N2O5/c1-9-4-5-11(22-9)15(19)17-16-8-10-6-12(20-2)14(18)13(7-10)21-3/h4-8,18H,1-3H3,(H,17,19)/b16-8-. The first-order chi connectivity index (χ1) is 10.5. The van der Waals surface area contributed by atoms with Crippen molar-refractivity contribution in [3.8, 4) is 17.2 Å². The van der Waals surface area contributed by atoms with Crippen LogP contribution in [0.25, 0.3) is 0 Å². The predicted octanol–water partition coefficient (Wildman–Crippen LogP) is 2.07. The Morgan fingerprint density at radius 3 is 2.41 bits per heavy atom. The summed E-state index contributed by atoms with van der Waals surface area (Å²) in [6.45, 7) is 1.75. The van der Waals surface area contributed by atoms with Crippen LogP contribution in [0.5, 0.6) is 17.2 Å². The van der Waals surface area contributed by atoms with Crippen molar-refractivity contribution < 1.29 is 23.8 Å². The van der Waals surface area contributed by atoms with Crippen LogP contribution in [0.1, 0.15) is 21.9 Å². The molecule has 0 saturated carbocycles. The van der Waals surface area contributed by atoms with Crippen LogP contribution in [0.3, 0.4) is 0 Å². The molecule has 1 aromatic carbocycles. The Labute approximate surface area is 127 Å². The lowest BCUT2D eigenvalue weighted by molar-refractivity contribution is 0.0926. The van der Waals surface area contributed by atoms with E-state index in [1.165, 1.54) is 20.4 Å². The molecule has 0 fully saturated rings. The number of phenolic OH excluding ortho intramolecular Hbond substituents is 1. The molecule has 0 spiro atoms. The van der Waals surface area contributed by atoms with E-state index >= 15 is 0 Å². The predicted molar refractivity (Wildman–Crippen MR) is 79.7 cm³/mol. The number of methoxy groups -OCH3 is 2. The molecule has 0 atom stereocenters. The van der Waals surface area contributed by atoms with Crippen molar-refractivity contribution >= 4 is 12.1 Å². The molecule has 0 saturated heterocycles. The Hall–Kier alpha value is -2.96. The van der Waals surface area contributed by atoms with E-state index in [0.29, 0.717) is 11.3 Å². The molecule has 0 aliphatic rings. The zero-order valence-corrected chi connectivity index (χ0v) is 12.4. The first kappa shape index (κ1) is 15.4. The molecule has 22 heavy (non-hydrogen) atoms. The van der Waals surface area contributed by atoms with Gasteiger partial charge in [-0.1, -0.05) is 0 Å².